The van der Waals surface area contributed by atoms with E-state index in [9.17, 15) is 9.90 Å². The van der Waals surface area contributed by atoms with Crippen LogP contribution in [0.25, 0.3) is 10.9 Å². The van der Waals surface area contributed by atoms with Crippen molar-refractivity contribution >= 4 is 22.5 Å². The molecule has 0 saturated carbocycles. The molecule has 5 nitrogen and oxygen atoms in total. The molecule has 4 N–H and O–H groups in total. The Balaban J connectivity index is 1.89. The Morgan fingerprint density at radius 1 is 1.50 bits per heavy atom. The van der Waals surface area contributed by atoms with E-state index in [2.05, 4.69) is 4.98 Å². The molecule has 5 heteroatoms. The van der Waals surface area contributed by atoms with E-state index in [0.717, 1.165) is 10.9 Å². The first-order valence-corrected chi connectivity index (χ1v) is 6.90. The van der Waals surface area contributed by atoms with Gasteiger partial charge in [0.05, 0.1) is 11.7 Å². The number of rotatable bonds is 1. The number of hydrogen-bond acceptors (Lipinski definition) is 3. The first-order valence-electron chi connectivity index (χ1n) is 6.90. The number of aliphatic hydroxyl groups excluding tert-OH is 1. The number of fused-ring (bicyclic) bond motifs is 1. The van der Waals surface area contributed by atoms with Crippen molar-refractivity contribution in [3.8, 4) is 0 Å². The van der Waals surface area contributed by atoms with Gasteiger partial charge < -0.3 is 20.7 Å². The zero-order valence-corrected chi connectivity index (χ0v) is 11.5. The van der Waals surface area contributed by atoms with Gasteiger partial charge in [-0.2, -0.15) is 0 Å². The summed E-state index contributed by atoms with van der Waals surface area (Å²) in [6, 6.07) is 5.50. The van der Waals surface area contributed by atoms with Crippen molar-refractivity contribution in [2.45, 2.75) is 19.4 Å². The molecule has 2 atom stereocenters. The zero-order chi connectivity index (χ0) is 14.3. The predicted molar refractivity (Wildman–Crippen MR) is 78.4 cm³/mol. The molecule has 1 saturated heterocycles. The van der Waals surface area contributed by atoms with Gasteiger partial charge in [-0.05, 0) is 30.5 Å². The Kier molecular flexibility index (Phi) is 3.14. The van der Waals surface area contributed by atoms with E-state index in [1.807, 2.05) is 24.0 Å². The number of nitrogens with zero attached hydrogens (tertiary/aromatic N) is 1. The van der Waals surface area contributed by atoms with Crippen LogP contribution in [0.2, 0.25) is 0 Å². The molecule has 2 aromatic rings. The molecule has 106 valence electrons. The second-order valence-electron chi connectivity index (χ2n) is 5.59. The number of H-pyrrole nitrogens is 1. The smallest absolute Gasteiger partial charge is 0.256 e. The minimum Gasteiger partial charge on any atom is -0.399 e. The van der Waals surface area contributed by atoms with Crippen LogP contribution in [0.3, 0.4) is 0 Å². The van der Waals surface area contributed by atoms with Gasteiger partial charge in [-0.15, -0.1) is 0 Å². The number of aromatic amines is 1. The normalized spacial score (nSPS) is 23.2. The van der Waals surface area contributed by atoms with Crippen LogP contribution in [0.5, 0.6) is 0 Å². The number of nitrogen functional groups attached to an aromatic ring is 1. The summed E-state index contributed by atoms with van der Waals surface area (Å²) in [6.45, 7) is 3.17. The number of carbonyl (C=O) groups excluding carboxylic acids is 1. The Labute approximate surface area is 117 Å². The average Bonchev–Trinajstić information content (AvgIpc) is 2.84. The van der Waals surface area contributed by atoms with Gasteiger partial charge in [0.2, 0.25) is 0 Å². The maximum Gasteiger partial charge on any atom is 0.256 e. The maximum atomic E-state index is 12.6. The molecule has 1 amide bonds. The van der Waals surface area contributed by atoms with Crippen molar-refractivity contribution in [3.63, 3.8) is 0 Å². The van der Waals surface area contributed by atoms with Gasteiger partial charge in [-0.3, -0.25) is 4.79 Å². The third-order valence-electron chi connectivity index (χ3n) is 4.08. The molecule has 0 spiro atoms. The summed E-state index contributed by atoms with van der Waals surface area (Å²) in [7, 11) is 0. The number of nitrogens with one attached hydrogen (secondary N) is 1. The van der Waals surface area contributed by atoms with Crippen LogP contribution in [-0.4, -0.2) is 40.1 Å². The zero-order valence-electron chi connectivity index (χ0n) is 11.5. The molecule has 0 bridgehead atoms. The number of carbonyl (C=O) groups is 1. The summed E-state index contributed by atoms with van der Waals surface area (Å²) < 4.78 is 0. The molecule has 20 heavy (non-hydrogen) atoms. The van der Waals surface area contributed by atoms with Crippen LogP contribution >= 0.6 is 0 Å². The molecule has 2 heterocycles. The van der Waals surface area contributed by atoms with Crippen LogP contribution < -0.4 is 5.73 Å². The molecule has 2 unspecified atom stereocenters. The van der Waals surface area contributed by atoms with Crippen LogP contribution in [-0.2, 0) is 0 Å². The van der Waals surface area contributed by atoms with E-state index in [0.29, 0.717) is 30.8 Å². The predicted octanol–water partition coefficient (Wildman–Crippen LogP) is 1.59. The average molecular weight is 273 g/mol. The third kappa shape index (κ3) is 2.14. The topological polar surface area (TPSA) is 82.4 Å². The number of hydrogen-bond donors (Lipinski definition) is 3. The first kappa shape index (κ1) is 13.0. The fourth-order valence-electron chi connectivity index (χ4n) is 2.81. The molecule has 1 aliphatic rings. The molecule has 1 aliphatic heterocycles. The summed E-state index contributed by atoms with van der Waals surface area (Å²) in [5, 5.41) is 10.6. The summed E-state index contributed by atoms with van der Waals surface area (Å²) in [5.41, 5.74) is 7.96. The van der Waals surface area contributed by atoms with Crippen LogP contribution in [0.4, 0.5) is 5.69 Å². The third-order valence-corrected chi connectivity index (χ3v) is 4.08. The molecular formula is C15H19N3O2. The van der Waals surface area contributed by atoms with Crippen molar-refractivity contribution in [2.24, 2.45) is 5.92 Å². The fraction of sp³-hybridized carbons (Fsp3) is 0.400. The molecule has 1 fully saturated rings. The lowest BCUT2D eigenvalue weighted by atomic mass is 9.96. The van der Waals surface area contributed by atoms with Gasteiger partial charge in [0.25, 0.3) is 5.91 Å². The van der Waals surface area contributed by atoms with E-state index in [1.165, 1.54) is 0 Å². The van der Waals surface area contributed by atoms with E-state index in [1.54, 1.807) is 12.3 Å². The number of aromatic nitrogens is 1. The standard InChI is InChI=1S/C15H19N3O2/c1-9-8-18(5-4-14(9)19)15(20)12-7-17-13-6-10(16)2-3-11(12)13/h2-3,6-7,9,14,17,19H,4-5,8,16H2,1H3. The second-order valence-corrected chi connectivity index (χ2v) is 5.59. The highest BCUT2D eigenvalue weighted by Gasteiger charge is 2.28. The lowest BCUT2D eigenvalue weighted by Gasteiger charge is -2.34. The molecule has 1 aromatic carbocycles. The second kappa shape index (κ2) is 4.83. The van der Waals surface area contributed by atoms with Gasteiger partial charge in [-0.1, -0.05) is 6.92 Å². The van der Waals surface area contributed by atoms with Crippen LogP contribution in [0, 0.1) is 5.92 Å². The van der Waals surface area contributed by atoms with E-state index >= 15 is 0 Å². The highest BCUT2D eigenvalue weighted by Crippen LogP contribution is 2.24. The number of aliphatic hydroxyl groups is 1. The Morgan fingerprint density at radius 3 is 3.05 bits per heavy atom. The Bertz CT molecular complexity index is 650. The molecule has 1 aromatic heterocycles. The summed E-state index contributed by atoms with van der Waals surface area (Å²) >= 11 is 0. The summed E-state index contributed by atoms with van der Waals surface area (Å²) in [6.07, 6.45) is 2.08. The Hall–Kier alpha value is -2.01. The number of likely N-dealkylation sites (tertiary alicyclic amines) is 1. The molecule has 0 radical (unpaired) electrons. The number of amides is 1. The van der Waals surface area contributed by atoms with Crippen LogP contribution in [0.1, 0.15) is 23.7 Å². The lowest BCUT2D eigenvalue weighted by Crippen LogP contribution is -2.44. The Morgan fingerprint density at radius 2 is 2.30 bits per heavy atom. The minimum absolute atomic E-state index is 0.0137. The monoisotopic (exact) mass is 273 g/mol. The number of nitrogens with two attached hydrogens (primary N) is 1. The fourth-order valence-corrected chi connectivity index (χ4v) is 2.81. The van der Waals surface area contributed by atoms with Crippen molar-refractivity contribution < 1.29 is 9.90 Å². The highest BCUT2D eigenvalue weighted by molar-refractivity contribution is 6.07. The minimum atomic E-state index is -0.304. The summed E-state index contributed by atoms with van der Waals surface area (Å²) in [4.78, 5) is 17.5. The van der Waals surface area contributed by atoms with E-state index in [4.69, 9.17) is 5.73 Å². The van der Waals surface area contributed by atoms with E-state index < -0.39 is 0 Å². The largest absolute Gasteiger partial charge is 0.399 e. The van der Waals surface area contributed by atoms with Gasteiger partial charge in [0, 0.05) is 35.9 Å². The number of benzene rings is 1. The van der Waals surface area contributed by atoms with Gasteiger partial charge in [0.15, 0.2) is 0 Å². The summed E-state index contributed by atoms with van der Waals surface area (Å²) in [5.74, 6) is 0.133. The quantitative estimate of drug-likeness (QED) is 0.690. The van der Waals surface area contributed by atoms with Crippen molar-refractivity contribution in [3.05, 3.63) is 30.0 Å². The van der Waals surface area contributed by atoms with Crippen LogP contribution in [0.15, 0.2) is 24.4 Å². The van der Waals surface area contributed by atoms with Gasteiger partial charge in [-0.25, -0.2) is 0 Å². The number of anilines is 1. The first-order chi connectivity index (χ1) is 9.56. The van der Waals surface area contributed by atoms with E-state index in [-0.39, 0.29) is 17.9 Å². The highest BCUT2D eigenvalue weighted by atomic mass is 16.3. The van der Waals surface area contributed by atoms with Gasteiger partial charge >= 0.3 is 0 Å². The lowest BCUT2D eigenvalue weighted by molar-refractivity contribution is 0.0299. The molecular weight excluding hydrogens is 254 g/mol. The maximum absolute atomic E-state index is 12.6. The SMILES string of the molecule is CC1CN(C(=O)c2c[nH]c3cc(N)ccc23)CCC1O. The molecule has 0 aliphatic carbocycles. The molecule has 3 rings (SSSR count). The van der Waals surface area contributed by atoms with Crippen molar-refractivity contribution in [2.75, 3.05) is 18.8 Å². The number of piperidine rings is 1. The van der Waals surface area contributed by atoms with Crippen molar-refractivity contribution in [1.29, 1.82) is 0 Å². The van der Waals surface area contributed by atoms with Gasteiger partial charge in [0.1, 0.15) is 0 Å². The van der Waals surface area contributed by atoms with Crippen molar-refractivity contribution in [1.82, 2.24) is 9.88 Å².